The lowest BCUT2D eigenvalue weighted by molar-refractivity contribution is -0.0000887. The normalized spacial score (nSPS) is 17.8. The number of halogens is 2. The Balaban J connectivity index is 4.27. The summed E-state index contributed by atoms with van der Waals surface area (Å²) in [6.07, 6.45) is 0.905. The Bertz CT molecular complexity index is 142. The number of hydrogen-bond acceptors (Lipinski definition) is 2. The molecule has 0 heterocycles. The SMILES string of the molecule is CCOC(Cl)C(CC(C)C)C(Cl)OCC. The van der Waals surface area contributed by atoms with E-state index >= 15 is 0 Å². The third-order valence-corrected chi connectivity index (χ3v) is 2.97. The third kappa shape index (κ3) is 6.62. The average molecular weight is 257 g/mol. The quantitative estimate of drug-likeness (QED) is 0.615. The summed E-state index contributed by atoms with van der Waals surface area (Å²) in [4.78, 5) is 0. The average Bonchev–Trinajstić information content (AvgIpc) is 2.14. The van der Waals surface area contributed by atoms with Crippen LogP contribution >= 0.6 is 23.2 Å². The van der Waals surface area contributed by atoms with Gasteiger partial charge in [-0.25, -0.2) is 0 Å². The van der Waals surface area contributed by atoms with Crippen molar-refractivity contribution in [2.45, 2.75) is 45.2 Å². The van der Waals surface area contributed by atoms with Crippen LogP contribution in [0.5, 0.6) is 0 Å². The first-order valence-corrected chi connectivity index (χ1v) is 6.41. The van der Waals surface area contributed by atoms with Gasteiger partial charge in [0.15, 0.2) is 0 Å². The van der Waals surface area contributed by atoms with Crippen molar-refractivity contribution in [1.29, 1.82) is 0 Å². The van der Waals surface area contributed by atoms with E-state index in [1.807, 2.05) is 13.8 Å². The van der Waals surface area contributed by atoms with E-state index in [2.05, 4.69) is 13.8 Å². The Morgan fingerprint density at radius 3 is 1.60 bits per heavy atom. The predicted molar refractivity (Wildman–Crippen MR) is 65.5 cm³/mol. The zero-order valence-corrected chi connectivity index (χ0v) is 11.5. The molecule has 0 radical (unpaired) electrons. The molecule has 2 nitrogen and oxygen atoms in total. The molecule has 0 spiro atoms. The highest BCUT2D eigenvalue weighted by Crippen LogP contribution is 2.28. The maximum atomic E-state index is 6.13. The molecule has 0 aromatic heterocycles. The number of ether oxygens (including phenoxy) is 2. The molecule has 0 aliphatic carbocycles. The Hall–Kier alpha value is 0.500. The zero-order valence-electron chi connectivity index (χ0n) is 10.0. The maximum absolute atomic E-state index is 6.13. The van der Waals surface area contributed by atoms with Gasteiger partial charge >= 0.3 is 0 Å². The fraction of sp³-hybridized carbons (Fsp3) is 1.00. The molecule has 0 aromatic carbocycles. The molecule has 2 atom stereocenters. The highest BCUT2D eigenvalue weighted by Gasteiger charge is 2.28. The molecule has 0 aliphatic heterocycles. The van der Waals surface area contributed by atoms with Crippen LogP contribution in [-0.2, 0) is 9.47 Å². The van der Waals surface area contributed by atoms with Crippen molar-refractivity contribution in [3.63, 3.8) is 0 Å². The molecule has 0 saturated carbocycles. The second-order valence-corrected chi connectivity index (χ2v) is 4.77. The Morgan fingerprint density at radius 2 is 1.33 bits per heavy atom. The van der Waals surface area contributed by atoms with E-state index in [9.17, 15) is 0 Å². The van der Waals surface area contributed by atoms with Crippen LogP contribution in [0.25, 0.3) is 0 Å². The van der Waals surface area contributed by atoms with Crippen LogP contribution in [0.2, 0.25) is 0 Å². The minimum atomic E-state index is -0.369. The highest BCUT2D eigenvalue weighted by atomic mass is 35.5. The Labute approximate surface area is 103 Å². The summed E-state index contributed by atoms with van der Waals surface area (Å²) < 4.78 is 10.7. The number of rotatable bonds is 8. The summed E-state index contributed by atoms with van der Waals surface area (Å²) in [5, 5.41) is 0. The van der Waals surface area contributed by atoms with E-state index in [0.717, 1.165) is 6.42 Å². The Kier molecular flexibility index (Phi) is 8.92. The molecule has 0 saturated heterocycles. The summed E-state index contributed by atoms with van der Waals surface area (Å²) in [5.74, 6) is 0.562. The lowest BCUT2D eigenvalue weighted by Gasteiger charge is -2.27. The van der Waals surface area contributed by atoms with Crippen LogP contribution < -0.4 is 0 Å². The molecule has 0 aliphatic rings. The first-order valence-electron chi connectivity index (χ1n) is 5.54. The largest absolute Gasteiger partial charge is 0.362 e. The van der Waals surface area contributed by atoms with Crippen LogP contribution in [0.15, 0.2) is 0 Å². The van der Waals surface area contributed by atoms with Gasteiger partial charge in [0.1, 0.15) is 11.1 Å². The van der Waals surface area contributed by atoms with Crippen LogP contribution in [0.1, 0.15) is 34.1 Å². The number of hydrogen-bond donors (Lipinski definition) is 0. The van der Waals surface area contributed by atoms with Crippen molar-refractivity contribution in [2.75, 3.05) is 13.2 Å². The van der Waals surface area contributed by atoms with E-state index < -0.39 is 0 Å². The first kappa shape index (κ1) is 15.5. The van der Waals surface area contributed by atoms with Crippen molar-refractivity contribution in [3.05, 3.63) is 0 Å². The molecule has 0 aromatic rings. The van der Waals surface area contributed by atoms with Gasteiger partial charge in [0.05, 0.1) is 0 Å². The van der Waals surface area contributed by atoms with Gasteiger partial charge in [0.25, 0.3) is 0 Å². The highest BCUT2D eigenvalue weighted by molar-refractivity contribution is 6.22. The van der Waals surface area contributed by atoms with Gasteiger partial charge in [0.2, 0.25) is 0 Å². The number of alkyl halides is 2. The van der Waals surface area contributed by atoms with Crippen LogP contribution in [0.3, 0.4) is 0 Å². The van der Waals surface area contributed by atoms with Crippen LogP contribution in [0.4, 0.5) is 0 Å². The minimum absolute atomic E-state index is 0.0354. The van der Waals surface area contributed by atoms with E-state index in [1.54, 1.807) is 0 Å². The van der Waals surface area contributed by atoms with Crippen LogP contribution in [0, 0.1) is 11.8 Å². The molecule has 4 heteroatoms. The monoisotopic (exact) mass is 256 g/mol. The fourth-order valence-corrected chi connectivity index (χ4v) is 2.24. The van der Waals surface area contributed by atoms with Gasteiger partial charge in [-0.1, -0.05) is 37.0 Å². The van der Waals surface area contributed by atoms with Gasteiger partial charge in [-0.05, 0) is 26.2 Å². The predicted octanol–water partition coefficient (Wildman–Crippen LogP) is 3.85. The van der Waals surface area contributed by atoms with Crippen LogP contribution in [-0.4, -0.2) is 24.3 Å². The zero-order chi connectivity index (χ0) is 11.8. The van der Waals surface area contributed by atoms with Crippen molar-refractivity contribution >= 4 is 23.2 Å². The van der Waals surface area contributed by atoms with E-state index in [-0.39, 0.29) is 17.0 Å². The Morgan fingerprint density at radius 1 is 0.933 bits per heavy atom. The lowest BCUT2D eigenvalue weighted by atomic mass is 9.98. The van der Waals surface area contributed by atoms with Gasteiger partial charge in [0, 0.05) is 19.1 Å². The standard InChI is InChI=1S/C11H22Cl2O2/c1-5-14-10(12)9(7-8(3)4)11(13)15-6-2/h8-11H,5-7H2,1-4H3. The van der Waals surface area contributed by atoms with Crippen molar-refractivity contribution in [2.24, 2.45) is 11.8 Å². The smallest absolute Gasteiger partial charge is 0.137 e. The molecular formula is C11H22Cl2O2. The molecule has 2 unspecified atom stereocenters. The van der Waals surface area contributed by atoms with Gasteiger partial charge < -0.3 is 9.47 Å². The lowest BCUT2D eigenvalue weighted by Crippen LogP contribution is -2.30. The first-order chi connectivity index (χ1) is 7.02. The summed E-state index contributed by atoms with van der Waals surface area (Å²) in [6, 6.07) is 0. The van der Waals surface area contributed by atoms with Crippen molar-refractivity contribution in [3.8, 4) is 0 Å². The molecule has 0 rings (SSSR count). The fourth-order valence-electron chi connectivity index (χ4n) is 1.44. The minimum Gasteiger partial charge on any atom is -0.362 e. The molecule has 0 bridgehead atoms. The van der Waals surface area contributed by atoms with E-state index in [4.69, 9.17) is 32.7 Å². The summed E-state index contributed by atoms with van der Waals surface area (Å²) in [6.45, 7) is 9.31. The van der Waals surface area contributed by atoms with E-state index in [0.29, 0.717) is 19.1 Å². The topological polar surface area (TPSA) is 18.5 Å². The maximum Gasteiger partial charge on any atom is 0.137 e. The van der Waals surface area contributed by atoms with Gasteiger partial charge in [-0.2, -0.15) is 0 Å². The van der Waals surface area contributed by atoms with Crippen molar-refractivity contribution in [1.82, 2.24) is 0 Å². The van der Waals surface area contributed by atoms with E-state index in [1.165, 1.54) is 0 Å². The summed E-state index contributed by atoms with van der Waals surface area (Å²) in [5.41, 5.74) is -0.738. The molecule has 0 amide bonds. The van der Waals surface area contributed by atoms with Crippen molar-refractivity contribution < 1.29 is 9.47 Å². The molecular weight excluding hydrogens is 235 g/mol. The van der Waals surface area contributed by atoms with Gasteiger partial charge in [-0.15, -0.1) is 0 Å². The molecule has 15 heavy (non-hydrogen) atoms. The molecule has 92 valence electrons. The molecule has 0 fully saturated rings. The second-order valence-electron chi connectivity index (χ2n) is 3.91. The summed E-state index contributed by atoms with van der Waals surface area (Å²) >= 11 is 12.3. The van der Waals surface area contributed by atoms with Gasteiger partial charge in [-0.3, -0.25) is 0 Å². The second kappa shape index (κ2) is 8.63. The molecule has 0 N–H and O–H groups in total. The third-order valence-electron chi connectivity index (χ3n) is 2.07. The summed E-state index contributed by atoms with van der Waals surface area (Å²) in [7, 11) is 0.